The van der Waals surface area contributed by atoms with Crippen molar-refractivity contribution in [2.75, 3.05) is 5.32 Å². The van der Waals surface area contributed by atoms with Gasteiger partial charge >= 0.3 is 0 Å². The van der Waals surface area contributed by atoms with Gasteiger partial charge in [-0.3, -0.25) is 4.79 Å². The van der Waals surface area contributed by atoms with Gasteiger partial charge in [0.2, 0.25) is 5.91 Å². The number of rotatable bonds is 1. The number of aryl methyl sites for hydroxylation is 1. The Hall–Kier alpha value is -1.31. The standard InChI is InChI=1S/C15H21NO/c1-10-8-9-13(12-7-5-6-11(10)12)16-14(17)15(2,3)4/h8-9H,5-7H2,1-4H3,(H,16,17). The van der Waals surface area contributed by atoms with Gasteiger partial charge in [0.05, 0.1) is 0 Å². The first kappa shape index (κ1) is 12.2. The Labute approximate surface area is 103 Å². The lowest BCUT2D eigenvalue weighted by atomic mass is 9.95. The summed E-state index contributed by atoms with van der Waals surface area (Å²) in [6.45, 7) is 7.98. The van der Waals surface area contributed by atoms with Crippen molar-refractivity contribution in [2.24, 2.45) is 5.41 Å². The predicted molar refractivity (Wildman–Crippen MR) is 71.3 cm³/mol. The van der Waals surface area contributed by atoms with Crippen LogP contribution in [-0.2, 0) is 17.6 Å². The zero-order valence-electron chi connectivity index (χ0n) is 11.2. The topological polar surface area (TPSA) is 29.1 Å². The quantitative estimate of drug-likeness (QED) is 0.787. The Morgan fingerprint density at radius 3 is 2.47 bits per heavy atom. The van der Waals surface area contributed by atoms with E-state index >= 15 is 0 Å². The van der Waals surface area contributed by atoms with E-state index in [4.69, 9.17) is 0 Å². The van der Waals surface area contributed by atoms with E-state index in [1.54, 1.807) is 0 Å². The maximum Gasteiger partial charge on any atom is 0.229 e. The molecule has 0 unspecified atom stereocenters. The molecule has 1 N–H and O–H groups in total. The normalized spacial score (nSPS) is 14.6. The fourth-order valence-electron chi connectivity index (χ4n) is 2.31. The maximum absolute atomic E-state index is 12.0. The van der Waals surface area contributed by atoms with Gasteiger partial charge in [-0.25, -0.2) is 0 Å². The van der Waals surface area contributed by atoms with Crippen molar-refractivity contribution < 1.29 is 4.79 Å². The van der Waals surface area contributed by atoms with Gasteiger partial charge in [0.1, 0.15) is 0 Å². The number of fused-ring (bicyclic) bond motifs is 1. The molecule has 1 amide bonds. The first-order valence-corrected chi connectivity index (χ1v) is 6.32. The van der Waals surface area contributed by atoms with Crippen molar-refractivity contribution in [3.05, 3.63) is 28.8 Å². The summed E-state index contributed by atoms with van der Waals surface area (Å²) in [5.74, 6) is 0.0930. The lowest BCUT2D eigenvalue weighted by Crippen LogP contribution is -2.28. The van der Waals surface area contributed by atoms with Crippen LogP contribution in [0.2, 0.25) is 0 Å². The van der Waals surface area contributed by atoms with Gasteiger partial charge in [-0.15, -0.1) is 0 Å². The third-order valence-electron chi connectivity index (χ3n) is 3.45. The highest BCUT2D eigenvalue weighted by molar-refractivity contribution is 5.95. The Balaban J connectivity index is 2.30. The van der Waals surface area contributed by atoms with Crippen LogP contribution in [0.15, 0.2) is 12.1 Å². The highest BCUT2D eigenvalue weighted by Crippen LogP contribution is 2.32. The molecule has 0 bridgehead atoms. The smallest absolute Gasteiger partial charge is 0.229 e. The van der Waals surface area contributed by atoms with E-state index in [0.29, 0.717) is 0 Å². The van der Waals surface area contributed by atoms with Gasteiger partial charge in [-0.2, -0.15) is 0 Å². The molecule has 1 aromatic rings. The molecule has 2 heteroatoms. The second-order valence-electron chi connectivity index (χ2n) is 5.94. The lowest BCUT2D eigenvalue weighted by molar-refractivity contribution is -0.123. The molecule has 1 aliphatic rings. The molecule has 0 saturated heterocycles. The van der Waals surface area contributed by atoms with Crippen molar-refractivity contribution in [1.82, 2.24) is 0 Å². The molecule has 0 saturated carbocycles. The third kappa shape index (κ3) is 2.36. The van der Waals surface area contributed by atoms with E-state index in [1.807, 2.05) is 26.8 Å². The second-order valence-corrected chi connectivity index (χ2v) is 5.94. The molecule has 2 rings (SSSR count). The number of nitrogens with one attached hydrogen (secondary N) is 1. The van der Waals surface area contributed by atoms with Crippen LogP contribution in [0.25, 0.3) is 0 Å². The van der Waals surface area contributed by atoms with Crippen molar-refractivity contribution in [2.45, 2.75) is 47.0 Å². The molecule has 0 aromatic heterocycles. The van der Waals surface area contributed by atoms with Crippen molar-refractivity contribution in [1.29, 1.82) is 0 Å². The minimum atomic E-state index is -0.337. The number of carbonyl (C=O) groups excluding carboxylic acids is 1. The monoisotopic (exact) mass is 231 g/mol. The highest BCUT2D eigenvalue weighted by Gasteiger charge is 2.24. The molecule has 1 aliphatic carbocycles. The molecule has 0 radical (unpaired) electrons. The summed E-state index contributed by atoms with van der Waals surface area (Å²) in [4.78, 5) is 12.0. The maximum atomic E-state index is 12.0. The van der Waals surface area contributed by atoms with Gasteiger partial charge in [0.25, 0.3) is 0 Å². The van der Waals surface area contributed by atoms with E-state index in [-0.39, 0.29) is 11.3 Å². The van der Waals surface area contributed by atoms with Crippen molar-refractivity contribution >= 4 is 11.6 Å². The largest absolute Gasteiger partial charge is 0.325 e. The molecular weight excluding hydrogens is 210 g/mol. The Morgan fingerprint density at radius 1 is 1.18 bits per heavy atom. The number of anilines is 1. The summed E-state index contributed by atoms with van der Waals surface area (Å²) in [6, 6.07) is 4.16. The minimum absolute atomic E-state index is 0.0930. The summed E-state index contributed by atoms with van der Waals surface area (Å²) >= 11 is 0. The van der Waals surface area contributed by atoms with Crippen molar-refractivity contribution in [3.8, 4) is 0 Å². The Kier molecular flexibility index (Phi) is 2.98. The average molecular weight is 231 g/mol. The van der Waals surface area contributed by atoms with Gasteiger partial charge < -0.3 is 5.32 Å². The number of hydrogen-bond acceptors (Lipinski definition) is 1. The average Bonchev–Trinajstić information content (AvgIpc) is 2.70. The van der Waals surface area contributed by atoms with E-state index in [9.17, 15) is 4.79 Å². The van der Waals surface area contributed by atoms with Crippen LogP contribution >= 0.6 is 0 Å². The molecule has 1 aromatic carbocycles. The van der Waals surface area contributed by atoms with E-state index in [0.717, 1.165) is 18.5 Å². The fourth-order valence-corrected chi connectivity index (χ4v) is 2.31. The second kappa shape index (κ2) is 4.17. The van der Waals surface area contributed by atoms with Crippen LogP contribution in [0.5, 0.6) is 0 Å². The van der Waals surface area contributed by atoms with Crippen LogP contribution in [0.4, 0.5) is 5.69 Å². The fraction of sp³-hybridized carbons (Fsp3) is 0.533. The molecule has 0 atom stereocenters. The van der Waals surface area contributed by atoms with Crippen LogP contribution in [0.3, 0.4) is 0 Å². The zero-order chi connectivity index (χ0) is 12.6. The molecule has 0 spiro atoms. The molecule has 0 aliphatic heterocycles. The van der Waals surface area contributed by atoms with Crippen molar-refractivity contribution in [3.63, 3.8) is 0 Å². The predicted octanol–water partition coefficient (Wildman–Crippen LogP) is 3.47. The van der Waals surface area contributed by atoms with Gasteiger partial charge in [0.15, 0.2) is 0 Å². The molecular formula is C15H21NO. The summed E-state index contributed by atoms with van der Waals surface area (Å²) in [6.07, 6.45) is 3.45. The number of benzene rings is 1. The molecule has 0 heterocycles. The zero-order valence-corrected chi connectivity index (χ0v) is 11.2. The summed E-state index contributed by atoms with van der Waals surface area (Å²) in [5.41, 5.74) is 4.82. The van der Waals surface area contributed by atoms with Crippen LogP contribution in [-0.4, -0.2) is 5.91 Å². The number of carbonyl (C=O) groups is 1. The lowest BCUT2D eigenvalue weighted by Gasteiger charge is -2.19. The first-order chi connectivity index (χ1) is 7.89. The molecule has 0 fully saturated rings. The minimum Gasteiger partial charge on any atom is -0.325 e. The third-order valence-corrected chi connectivity index (χ3v) is 3.45. The van der Waals surface area contributed by atoms with Gasteiger partial charge in [0, 0.05) is 11.1 Å². The molecule has 17 heavy (non-hydrogen) atoms. The number of amides is 1. The highest BCUT2D eigenvalue weighted by atomic mass is 16.2. The summed E-state index contributed by atoms with van der Waals surface area (Å²) in [7, 11) is 0. The Bertz CT molecular complexity index is 455. The van der Waals surface area contributed by atoms with Crippen LogP contribution in [0.1, 0.15) is 43.9 Å². The summed E-state index contributed by atoms with van der Waals surface area (Å²) < 4.78 is 0. The van der Waals surface area contributed by atoms with Crippen LogP contribution < -0.4 is 5.32 Å². The molecule has 2 nitrogen and oxygen atoms in total. The van der Waals surface area contributed by atoms with Gasteiger partial charge in [-0.1, -0.05) is 26.8 Å². The van der Waals surface area contributed by atoms with Crippen LogP contribution in [0, 0.1) is 12.3 Å². The van der Waals surface area contributed by atoms with Gasteiger partial charge in [-0.05, 0) is 48.9 Å². The van der Waals surface area contributed by atoms with E-state index in [2.05, 4.69) is 18.3 Å². The van der Waals surface area contributed by atoms with E-state index < -0.39 is 0 Å². The first-order valence-electron chi connectivity index (χ1n) is 6.32. The number of hydrogen-bond donors (Lipinski definition) is 1. The SMILES string of the molecule is Cc1ccc(NC(=O)C(C)(C)C)c2c1CCC2. The Morgan fingerprint density at radius 2 is 1.82 bits per heavy atom. The van der Waals surface area contributed by atoms with E-state index in [1.165, 1.54) is 23.1 Å². The summed E-state index contributed by atoms with van der Waals surface area (Å²) in [5, 5.41) is 3.07. The molecule has 92 valence electrons.